The number of anilines is 1. The molecule has 20 heavy (non-hydrogen) atoms. The Hall–Kier alpha value is -1.14. The first-order valence-electron chi connectivity index (χ1n) is 7.02. The molecule has 110 valence electrons. The molecule has 1 fully saturated rings. The summed E-state index contributed by atoms with van der Waals surface area (Å²) in [5, 5.41) is 0. The van der Waals surface area contributed by atoms with Crippen molar-refractivity contribution in [2.24, 2.45) is 5.73 Å². The summed E-state index contributed by atoms with van der Waals surface area (Å²) in [6.45, 7) is 5.09. The Morgan fingerprint density at radius 1 is 1.40 bits per heavy atom. The van der Waals surface area contributed by atoms with Crippen molar-refractivity contribution in [3.05, 3.63) is 22.8 Å². The number of nitrogens with two attached hydrogens (primary N) is 1. The van der Waals surface area contributed by atoms with Crippen molar-refractivity contribution in [3.8, 4) is 0 Å². The summed E-state index contributed by atoms with van der Waals surface area (Å²) in [5.74, 6) is 1.04. The number of aromatic nitrogens is 1. The minimum Gasteiger partial charge on any atom is -0.353 e. The highest BCUT2D eigenvalue weighted by molar-refractivity contribution is 9.10. The van der Waals surface area contributed by atoms with Gasteiger partial charge >= 0.3 is 0 Å². The van der Waals surface area contributed by atoms with Gasteiger partial charge in [0.1, 0.15) is 5.82 Å². The molecule has 1 aliphatic heterocycles. The maximum absolute atomic E-state index is 12.1. The van der Waals surface area contributed by atoms with E-state index in [0.29, 0.717) is 13.1 Å². The van der Waals surface area contributed by atoms with Crippen molar-refractivity contribution in [1.29, 1.82) is 0 Å². The molecule has 1 atom stereocenters. The van der Waals surface area contributed by atoms with Crippen LogP contribution in [0, 0.1) is 0 Å². The largest absolute Gasteiger partial charge is 0.353 e. The third-order valence-electron chi connectivity index (χ3n) is 3.54. The van der Waals surface area contributed by atoms with Crippen LogP contribution in [0.3, 0.4) is 0 Å². The van der Waals surface area contributed by atoms with Gasteiger partial charge in [0.15, 0.2) is 0 Å². The van der Waals surface area contributed by atoms with Crippen molar-refractivity contribution in [3.63, 3.8) is 0 Å². The van der Waals surface area contributed by atoms with E-state index in [9.17, 15) is 4.79 Å². The lowest BCUT2D eigenvalue weighted by Crippen LogP contribution is -2.53. The van der Waals surface area contributed by atoms with Crippen LogP contribution in [0.2, 0.25) is 0 Å². The zero-order valence-corrected chi connectivity index (χ0v) is 13.3. The zero-order chi connectivity index (χ0) is 14.5. The van der Waals surface area contributed by atoms with E-state index in [4.69, 9.17) is 5.73 Å². The Balaban J connectivity index is 1.89. The van der Waals surface area contributed by atoms with E-state index in [-0.39, 0.29) is 11.9 Å². The van der Waals surface area contributed by atoms with Gasteiger partial charge in [-0.25, -0.2) is 4.98 Å². The normalized spacial score (nSPS) is 17.1. The monoisotopic (exact) mass is 340 g/mol. The predicted octanol–water partition coefficient (Wildman–Crippen LogP) is 1.62. The summed E-state index contributed by atoms with van der Waals surface area (Å²) in [5.41, 5.74) is 5.90. The fourth-order valence-electron chi connectivity index (χ4n) is 2.38. The second kappa shape index (κ2) is 7.04. The molecule has 0 saturated carbocycles. The van der Waals surface area contributed by atoms with Gasteiger partial charge in [0, 0.05) is 36.8 Å². The van der Waals surface area contributed by atoms with Crippen molar-refractivity contribution in [1.82, 2.24) is 9.88 Å². The topological polar surface area (TPSA) is 62.5 Å². The first-order valence-corrected chi connectivity index (χ1v) is 7.82. The molecule has 0 aliphatic carbocycles. The molecular weight excluding hydrogens is 320 g/mol. The Morgan fingerprint density at radius 3 is 2.65 bits per heavy atom. The molecule has 1 aromatic heterocycles. The standard InChI is InChI=1S/C14H21BrN4O/c1-2-3-12(16)14(20)19-8-6-18(7-9-19)13-5-4-11(15)10-17-13/h4-5,10,12H,2-3,6-9,16H2,1H3/t12-/m1/s1. The summed E-state index contributed by atoms with van der Waals surface area (Å²) in [4.78, 5) is 20.6. The van der Waals surface area contributed by atoms with Crippen molar-refractivity contribution in [2.75, 3.05) is 31.1 Å². The molecule has 2 N–H and O–H groups in total. The lowest BCUT2D eigenvalue weighted by molar-refractivity contribution is -0.133. The Labute approximate surface area is 128 Å². The molecule has 0 unspecified atom stereocenters. The first kappa shape index (κ1) is 15.3. The summed E-state index contributed by atoms with van der Waals surface area (Å²) >= 11 is 3.38. The zero-order valence-electron chi connectivity index (χ0n) is 11.8. The third kappa shape index (κ3) is 3.70. The van der Waals surface area contributed by atoms with Crippen molar-refractivity contribution >= 4 is 27.7 Å². The molecular formula is C14H21BrN4O. The highest BCUT2D eigenvalue weighted by atomic mass is 79.9. The molecule has 0 bridgehead atoms. The number of pyridine rings is 1. The van der Waals surface area contributed by atoms with Crippen LogP contribution in [-0.4, -0.2) is 48.0 Å². The second-order valence-electron chi connectivity index (χ2n) is 5.04. The van der Waals surface area contributed by atoms with Gasteiger partial charge in [-0.3, -0.25) is 4.79 Å². The number of hydrogen-bond donors (Lipinski definition) is 1. The van der Waals surface area contributed by atoms with Crippen LogP contribution in [0.1, 0.15) is 19.8 Å². The van der Waals surface area contributed by atoms with Gasteiger partial charge in [0.05, 0.1) is 6.04 Å². The molecule has 0 spiro atoms. The quantitative estimate of drug-likeness (QED) is 0.904. The van der Waals surface area contributed by atoms with E-state index in [1.165, 1.54) is 0 Å². The lowest BCUT2D eigenvalue weighted by atomic mass is 10.1. The average Bonchev–Trinajstić information content (AvgIpc) is 2.48. The average molecular weight is 341 g/mol. The molecule has 0 aromatic carbocycles. The SMILES string of the molecule is CCC[C@@H](N)C(=O)N1CCN(c2ccc(Br)cn2)CC1. The number of nitrogens with zero attached hydrogens (tertiary/aromatic N) is 3. The maximum Gasteiger partial charge on any atom is 0.239 e. The molecule has 1 aromatic rings. The van der Waals surface area contributed by atoms with Gasteiger partial charge in [0.2, 0.25) is 5.91 Å². The van der Waals surface area contributed by atoms with E-state index < -0.39 is 0 Å². The third-order valence-corrected chi connectivity index (χ3v) is 4.01. The molecule has 2 heterocycles. The van der Waals surface area contributed by atoms with E-state index in [2.05, 4.69) is 25.8 Å². The number of amides is 1. The first-order chi connectivity index (χ1) is 9.61. The fourth-order valence-corrected chi connectivity index (χ4v) is 2.61. The molecule has 0 radical (unpaired) electrons. The van der Waals surface area contributed by atoms with E-state index in [1.807, 2.05) is 24.0 Å². The van der Waals surface area contributed by atoms with Crippen LogP contribution < -0.4 is 10.6 Å². The minimum atomic E-state index is -0.350. The van der Waals surface area contributed by atoms with Crippen molar-refractivity contribution < 1.29 is 4.79 Å². The number of hydrogen-bond acceptors (Lipinski definition) is 4. The molecule has 1 amide bonds. The molecule has 1 aliphatic rings. The van der Waals surface area contributed by atoms with Crippen molar-refractivity contribution in [2.45, 2.75) is 25.8 Å². The van der Waals surface area contributed by atoms with Gasteiger partial charge in [-0.05, 0) is 34.5 Å². The molecule has 2 rings (SSSR count). The van der Waals surface area contributed by atoms with Gasteiger partial charge in [-0.1, -0.05) is 13.3 Å². The van der Waals surface area contributed by atoms with Crippen LogP contribution >= 0.6 is 15.9 Å². The fraction of sp³-hybridized carbons (Fsp3) is 0.571. The van der Waals surface area contributed by atoms with Crippen LogP contribution in [0.25, 0.3) is 0 Å². The molecule has 1 saturated heterocycles. The summed E-state index contributed by atoms with van der Waals surface area (Å²) in [6, 6.07) is 3.62. The highest BCUT2D eigenvalue weighted by Crippen LogP contribution is 2.16. The summed E-state index contributed by atoms with van der Waals surface area (Å²) < 4.78 is 0.973. The minimum absolute atomic E-state index is 0.0789. The van der Waals surface area contributed by atoms with Crippen LogP contribution in [-0.2, 0) is 4.79 Å². The Bertz CT molecular complexity index is 443. The summed E-state index contributed by atoms with van der Waals surface area (Å²) in [6.07, 6.45) is 3.49. The molecule has 5 nitrogen and oxygen atoms in total. The van der Waals surface area contributed by atoms with Gasteiger partial charge < -0.3 is 15.5 Å². The summed E-state index contributed by atoms with van der Waals surface area (Å²) in [7, 11) is 0. The van der Waals surface area contributed by atoms with Crippen LogP contribution in [0.4, 0.5) is 5.82 Å². The number of piperazine rings is 1. The Morgan fingerprint density at radius 2 is 2.10 bits per heavy atom. The number of rotatable bonds is 4. The second-order valence-corrected chi connectivity index (χ2v) is 5.96. The number of carbonyl (C=O) groups excluding carboxylic acids is 1. The van der Waals surface area contributed by atoms with Gasteiger partial charge in [0.25, 0.3) is 0 Å². The molecule has 6 heteroatoms. The number of halogens is 1. The van der Waals surface area contributed by atoms with Crippen LogP contribution in [0.15, 0.2) is 22.8 Å². The van der Waals surface area contributed by atoms with E-state index in [1.54, 1.807) is 6.20 Å². The van der Waals surface area contributed by atoms with E-state index in [0.717, 1.165) is 36.2 Å². The Kier molecular flexibility index (Phi) is 5.37. The van der Waals surface area contributed by atoms with Gasteiger partial charge in [-0.15, -0.1) is 0 Å². The highest BCUT2D eigenvalue weighted by Gasteiger charge is 2.25. The van der Waals surface area contributed by atoms with Gasteiger partial charge in [-0.2, -0.15) is 0 Å². The smallest absolute Gasteiger partial charge is 0.239 e. The lowest BCUT2D eigenvalue weighted by Gasteiger charge is -2.36. The predicted molar refractivity (Wildman–Crippen MR) is 83.6 cm³/mol. The van der Waals surface area contributed by atoms with Crippen LogP contribution in [0.5, 0.6) is 0 Å². The van der Waals surface area contributed by atoms with E-state index >= 15 is 0 Å². The number of carbonyl (C=O) groups is 1. The maximum atomic E-state index is 12.1.